The number of nitrogens with one attached hydrogen (secondary N) is 1. The Labute approximate surface area is 181 Å². The average Bonchev–Trinajstić information content (AvgIpc) is 2.77. The first-order valence-corrected chi connectivity index (χ1v) is 11.5. The van der Waals surface area contributed by atoms with Gasteiger partial charge in [-0.05, 0) is 66.1 Å². The van der Waals surface area contributed by atoms with E-state index in [-0.39, 0.29) is 22.5 Å². The standard InChI is InChI=1S/C24H21FN2O3S/c1-31(29,30)22-12-8-19(9-13-22)23(18-6-10-21(25)11-7-18)14-15-27-24(28)20-4-2-17(16-26)3-5-20/h2-13,23H,14-15H2,1H3,(H,27,28)/t23-/m1/s1. The van der Waals surface area contributed by atoms with E-state index in [9.17, 15) is 17.6 Å². The molecule has 3 rings (SSSR count). The number of hydrogen-bond donors (Lipinski definition) is 1. The molecule has 0 fully saturated rings. The Morgan fingerprint density at radius 1 is 0.968 bits per heavy atom. The summed E-state index contributed by atoms with van der Waals surface area (Å²) in [7, 11) is -3.31. The van der Waals surface area contributed by atoms with E-state index in [0.717, 1.165) is 17.4 Å². The van der Waals surface area contributed by atoms with Gasteiger partial charge >= 0.3 is 0 Å². The molecule has 1 atom stereocenters. The summed E-state index contributed by atoms with van der Waals surface area (Å²) >= 11 is 0. The van der Waals surface area contributed by atoms with Crippen LogP contribution in [-0.4, -0.2) is 27.1 Å². The van der Waals surface area contributed by atoms with Gasteiger partial charge in [0.2, 0.25) is 0 Å². The summed E-state index contributed by atoms with van der Waals surface area (Å²) < 4.78 is 36.9. The molecular weight excluding hydrogens is 415 g/mol. The summed E-state index contributed by atoms with van der Waals surface area (Å²) in [6, 6.07) is 21.1. The van der Waals surface area contributed by atoms with Crippen molar-refractivity contribution >= 4 is 15.7 Å². The summed E-state index contributed by atoms with van der Waals surface area (Å²) in [5, 5.41) is 11.7. The van der Waals surface area contributed by atoms with Crippen LogP contribution in [0.3, 0.4) is 0 Å². The number of sulfone groups is 1. The molecule has 3 aromatic rings. The molecule has 0 saturated carbocycles. The van der Waals surface area contributed by atoms with Gasteiger partial charge in [0, 0.05) is 24.3 Å². The van der Waals surface area contributed by atoms with Crippen LogP contribution in [0.4, 0.5) is 4.39 Å². The second-order valence-corrected chi connectivity index (χ2v) is 9.19. The van der Waals surface area contributed by atoms with Gasteiger partial charge in [0.05, 0.1) is 16.5 Å². The van der Waals surface area contributed by atoms with Crippen LogP contribution < -0.4 is 5.32 Å². The lowest BCUT2D eigenvalue weighted by Crippen LogP contribution is -2.25. The van der Waals surface area contributed by atoms with Gasteiger partial charge in [0.15, 0.2) is 9.84 Å². The monoisotopic (exact) mass is 436 g/mol. The van der Waals surface area contributed by atoms with Crippen LogP contribution in [0, 0.1) is 17.1 Å². The van der Waals surface area contributed by atoms with E-state index in [1.165, 1.54) is 12.1 Å². The first kappa shape index (κ1) is 22.2. The molecule has 0 aliphatic heterocycles. The molecule has 0 spiro atoms. The highest BCUT2D eigenvalue weighted by Crippen LogP contribution is 2.29. The van der Waals surface area contributed by atoms with E-state index < -0.39 is 9.84 Å². The summed E-state index contributed by atoms with van der Waals surface area (Å²) in [5.74, 6) is -0.755. The minimum Gasteiger partial charge on any atom is -0.352 e. The van der Waals surface area contributed by atoms with Crippen LogP contribution in [0.5, 0.6) is 0 Å². The molecule has 0 aliphatic rings. The van der Waals surface area contributed by atoms with Crippen LogP contribution >= 0.6 is 0 Å². The zero-order chi connectivity index (χ0) is 22.4. The fraction of sp³-hybridized carbons (Fsp3) is 0.167. The van der Waals surface area contributed by atoms with E-state index in [1.54, 1.807) is 60.7 Å². The predicted molar refractivity (Wildman–Crippen MR) is 116 cm³/mol. The molecule has 0 bridgehead atoms. The van der Waals surface area contributed by atoms with Gasteiger partial charge in [-0.25, -0.2) is 12.8 Å². The minimum atomic E-state index is -3.31. The van der Waals surface area contributed by atoms with Crippen LogP contribution in [0.2, 0.25) is 0 Å². The van der Waals surface area contributed by atoms with Crippen molar-refractivity contribution < 1.29 is 17.6 Å². The Bertz CT molecular complexity index is 1200. The van der Waals surface area contributed by atoms with Crippen molar-refractivity contribution in [3.05, 3.63) is 101 Å². The lowest BCUT2D eigenvalue weighted by Gasteiger charge is -2.19. The van der Waals surface area contributed by atoms with Crippen LogP contribution in [0.15, 0.2) is 77.7 Å². The number of halogens is 1. The molecule has 7 heteroatoms. The third-order valence-electron chi connectivity index (χ3n) is 4.98. The maximum atomic E-state index is 13.4. The summed E-state index contributed by atoms with van der Waals surface area (Å²) in [4.78, 5) is 12.6. The number of rotatable bonds is 7. The van der Waals surface area contributed by atoms with Gasteiger partial charge in [-0.2, -0.15) is 5.26 Å². The maximum absolute atomic E-state index is 13.4. The normalized spacial score (nSPS) is 12.0. The molecule has 0 unspecified atom stereocenters. The molecule has 158 valence electrons. The predicted octanol–water partition coefficient (Wildman–Crippen LogP) is 4.05. The van der Waals surface area contributed by atoms with Crippen molar-refractivity contribution in [1.82, 2.24) is 5.32 Å². The molecule has 5 nitrogen and oxygen atoms in total. The molecule has 0 heterocycles. The molecule has 1 amide bonds. The SMILES string of the molecule is CS(=O)(=O)c1ccc([C@H](CCNC(=O)c2ccc(C#N)cc2)c2ccc(F)cc2)cc1. The molecule has 0 radical (unpaired) electrons. The van der Waals surface area contributed by atoms with Gasteiger partial charge in [0.1, 0.15) is 5.82 Å². The Morgan fingerprint density at radius 2 is 1.52 bits per heavy atom. The van der Waals surface area contributed by atoms with Gasteiger partial charge in [-0.15, -0.1) is 0 Å². The molecule has 0 aliphatic carbocycles. The van der Waals surface area contributed by atoms with Crippen LogP contribution in [0.25, 0.3) is 0 Å². The fourth-order valence-corrected chi connectivity index (χ4v) is 3.93. The number of benzene rings is 3. The van der Waals surface area contributed by atoms with Crippen LogP contribution in [0.1, 0.15) is 39.4 Å². The second kappa shape index (κ2) is 9.54. The Balaban J connectivity index is 1.76. The number of amides is 1. The van der Waals surface area contributed by atoms with E-state index in [1.807, 2.05) is 6.07 Å². The lowest BCUT2D eigenvalue weighted by atomic mass is 9.88. The molecule has 1 N–H and O–H groups in total. The Hall–Kier alpha value is -3.50. The van der Waals surface area contributed by atoms with Gasteiger partial charge in [-0.3, -0.25) is 4.79 Å². The zero-order valence-electron chi connectivity index (χ0n) is 16.9. The molecule has 0 saturated heterocycles. The Kier molecular flexibility index (Phi) is 6.83. The van der Waals surface area contributed by atoms with Gasteiger partial charge < -0.3 is 5.32 Å². The second-order valence-electron chi connectivity index (χ2n) is 7.18. The smallest absolute Gasteiger partial charge is 0.251 e. The maximum Gasteiger partial charge on any atom is 0.251 e. The quantitative estimate of drug-likeness (QED) is 0.605. The largest absolute Gasteiger partial charge is 0.352 e. The van der Waals surface area contributed by atoms with Crippen molar-refractivity contribution in [2.24, 2.45) is 0 Å². The van der Waals surface area contributed by atoms with Crippen molar-refractivity contribution in [1.29, 1.82) is 5.26 Å². The highest BCUT2D eigenvalue weighted by molar-refractivity contribution is 7.90. The summed E-state index contributed by atoms with van der Waals surface area (Å²) in [5.41, 5.74) is 2.66. The first-order valence-electron chi connectivity index (χ1n) is 9.62. The van der Waals surface area contributed by atoms with Crippen molar-refractivity contribution in [2.45, 2.75) is 17.2 Å². The summed E-state index contributed by atoms with van der Waals surface area (Å²) in [6.07, 6.45) is 1.68. The highest BCUT2D eigenvalue weighted by atomic mass is 32.2. The zero-order valence-corrected chi connectivity index (χ0v) is 17.7. The number of carbonyl (C=O) groups is 1. The molecular formula is C24H21FN2O3S. The van der Waals surface area contributed by atoms with Crippen molar-refractivity contribution in [3.63, 3.8) is 0 Å². The van der Waals surface area contributed by atoms with Crippen molar-refractivity contribution in [2.75, 3.05) is 12.8 Å². The number of nitrogens with zero attached hydrogens (tertiary/aromatic N) is 1. The topological polar surface area (TPSA) is 87.0 Å². The molecule has 0 aromatic heterocycles. The van der Waals surface area contributed by atoms with E-state index in [0.29, 0.717) is 24.1 Å². The van der Waals surface area contributed by atoms with E-state index >= 15 is 0 Å². The van der Waals surface area contributed by atoms with Gasteiger partial charge in [0.25, 0.3) is 5.91 Å². The highest BCUT2D eigenvalue weighted by Gasteiger charge is 2.17. The van der Waals surface area contributed by atoms with E-state index in [4.69, 9.17) is 5.26 Å². The first-order chi connectivity index (χ1) is 14.8. The summed E-state index contributed by atoms with van der Waals surface area (Å²) in [6.45, 7) is 0.356. The minimum absolute atomic E-state index is 0.157. The number of carbonyl (C=O) groups excluding carboxylic acids is 1. The van der Waals surface area contributed by atoms with Gasteiger partial charge in [-0.1, -0.05) is 24.3 Å². The number of hydrogen-bond acceptors (Lipinski definition) is 4. The molecule has 3 aromatic carbocycles. The van der Waals surface area contributed by atoms with E-state index in [2.05, 4.69) is 5.32 Å². The molecule has 31 heavy (non-hydrogen) atoms. The lowest BCUT2D eigenvalue weighted by molar-refractivity contribution is 0.0952. The number of nitriles is 1. The Morgan fingerprint density at radius 3 is 2.03 bits per heavy atom. The average molecular weight is 437 g/mol. The third-order valence-corrected chi connectivity index (χ3v) is 6.11. The third kappa shape index (κ3) is 5.77. The van der Waals surface area contributed by atoms with Crippen LogP contribution in [-0.2, 0) is 9.84 Å². The fourth-order valence-electron chi connectivity index (χ4n) is 3.30. The van der Waals surface area contributed by atoms with Crippen molar-refractivity contribution in [3.8, 4) is 6.07 Å².